The Morgan fingerprint density at radius 3 is 2.46 bits per heavy atom. The van der Waals surface area contributed by atoms with E-state index in [0.29, 0.717) is 77.9 Å². The van der Waals surface area contributed by atoms with Crippen molar-refractivity contribution in [2.24, 2.45) is 5.92 Å². The van der Waals surface area contributed by atoms with Gasteiger partial charge in [-0.1, -0.05) is 85.3 Å². The first-order chi connectivity index (χ1) is 38.2. The Morgan fingerprint density at radius 1 is 0.962 bits per heavy atom. The van der Waals surface area contributed by atoms with E-state index in [1.807, 2.05) is 94.4 Å². The molecule has 0 aliphatic carbocycles. The van der Waals surface area contributed by atoms with Gasteiger partial charge < -0.3 is 44.9 Å². The molecule has 3 aliphatic rings. The van der Waals surface area contributed by atoms with E-state index in [4.69, 9.17) is 35.8 Å². The second-order valence-electron chi connectivity index (χ2n) is 21.1. The summed E-state index contributed by atoms with van der Waals surface area (Å²) in [6.07, 6.45) is 4.89. The summed E-state index contributed by atoms with van der Waals surface area (Å²) in [6.45, 7) is 10.6. The Morgan fingerprint density at radius 2 is 1.75 bits per heavy atom. The molecule has 21 heteroatoms. The zero-order chi connectivity index (χ0) is 55.2. The van der Waals surface area contributed by atoms with E-state index in [-0.39, 0.29) is 56.9 Å². The number of aromatic nitrogens is 8. The van der Waals surface area contributed by atoms with Gasteiger partial charge in [0.1, 0.15) is 48.1 Å². The van der Waals surface area contributed by atoms with E-state index in [0.717, 1.165) is 41.9 Å². The molecule has 0 radical (unpaired) electrons. The highest BCUT2D eigenvalue weighted by Crippen LogP contribution is 2.49. The van der Waals surface area contributed by atoms with Gasteiger partial charge in [0.15, 0.2) is 5.75 Å². The minimum Gasteiger partial charge on any atom is -0.486 e. The number of pyridine rings is 1. The van der Waals surface area contributed by atoms with Crippen LogP contribution >= 0.6 is 11.6 Å². The monoisotopic (exact) mass is 1090 g/mol. The Bertz CT molecular complexity index is 3560. The summed E-state index contributed by atoms with van der Waals surface area (Å²) in [7, 11) is 1.61. The van der Waals surface area contributed by atoms with Crippen molar-refractivity contribution in [2.45, 2.75) is 96.5 Å². The minimum absolute atomic E-state index is 0.0295. The highest BCUT2D eigenvalue weighted by Gasteiger charge is 2.44. The number of aliphatic hydroxyl groups excluding tert-OH is 2. The van der Waals surface area contributed by atoms with Crippen LogP contribution in [0.4, 0.5) is 10.2 Å². The van der Waals surface area contributed by atoms with Gasteiger partial charge in [0.2, 0.25) is 11.8 Å². The van der Waals surface area contributed by atoms with Crippen LogP contribution in [0.1, 0.15) is 68.1 Å². The molecule has 2 bridgehead atoms. The molecule has 0 saturated carbocycles. The standard InChI is InChI=1S/C58H62ClFN12O7/c1-30(2)53(57(76)71-25-40(74)19-49(71)56(75)64-48(27-73)37-15-13-35(14-16-37)41-8-7-17-61-33(41)5)72-26-47(68-69-72)36-11-9-34(10-12-36)29-78-54-51(50-32(4)45(60)21-46-43(50)23-63-67-46)44(59)20-42-52(54)65-58(79-28-31(3)77-6)66-55(42)70-24-38-18-39(70)22-62-38/h7-17,20-21,23,26,30-31,38-40,48-49,53,62,73-74H,18-19,22,24-25,27-29H2,1-6H3,(H,63,67)(H,64,75)/t31-,38-,39-,40+,48-,49-,53-/m0/s1. The maximum Gasteiger partial charge on any atom is 0.319 e. The molecule has 3 saturated heterocycles. The van der Waals surface area contributed by atoms with Crippen LogP contribution in [-0.2, 0) is 20.9 Å². The average molecular weight is 1090 g/mol. The number of methoxy groups -OCH3 is 1. The number of halogens is 2. The van der Waals surface area contributed by atoms with Gasteiger partial charge >= 0.3 is 6.01 Å². The van der Waals surface area contributed by atoms with Crippen molar-refractivity contribution in [3.05, 3.63) is 125 Å². The molecule has 0 spiro atoms. The van der Waals surface area contributed by atoms with E-state index >= 15 is 4.39 Å². The van der Waals surface area contributed by atoms with Gasteiger partial charge in [-0.25, -0.2) is 9.07 Å². The summed E-state index contributed by atoms with van der Waals surface area (Å²) in [5.74, 6) is -0.651. The Balaban J connectivity index is 0.852. The molecular weight excluding hydrogens is 1030 g/mol. The Labute approximate surface area is 460 Å². The summed E-state index contributed by atoms with van der Waals surface area (Å²) in [5.41, 5.74) is 7.69. The second kappa shape index (κ2) is 22.3. The van der Waals surface area contributed by atoms with Crippen molar-refractivity contribution in [2.75, 3.05) is 44.9 Å². The van der Waals surface area contributed by atoms with Gasteiger partial charge in [-0.05, 0) is 73.6 Å². The molecular formula is C58H62ClFN12O7. The van der Waals surface area contributed by atoms with Gasteiger partial charge in [-0.15, -0.1) is 5.10 Å². The van der Waals surface area contributed by atoms with Crippen LogP contribution in [0.2, 0.25) is 5.02 Å². The van der Waals surface area contributed by atoms with Gasteiger partial charge in [0.25, 0.3) is 0 Å². The fourth-order valence-corrected chi connectivity index (χ4v) is 11.5. The lowest BCUT2D eigenvalue weighted by Gasteiger charge is -2.30. The molecule has 4 aromatic heterocycles. The van der Waals surface area contributed by atoms with Crippen LogP contribution in [0.5, 0.6) is 11.8 Å². The number of hydrogen-bond donors (Lipinski definition) is 5. The molecule has 7 atom stereocenters. The lowest BCUT2D eigenvalue weighted by atomic mass is 9.94. The van der Waals surface area contributed by atoms with Crippen LogP contribution in [0.15, 0.2) is 91.4 Å². The smallest absolute Gasteiger partial charge is 0.319 e. The van der Waals surface area contributed by atoms with Crippen molar-refractivity contribution in [1.82, 2.24) is 55.7 Å². The number of piperazine rings is 1. The van der Waals surface area contributed by atoms with Gasteiger partial charge in [0.05, 0.1) is 47.8 Å². The van der Waals surface area contributed by atoms with E-state index in [1.54, 1.807) is 32.6 Å². The summed E-state index contributed by atoms with van der Waals surface area (Å²) >= 11 is 7.37. The third kappa shape index (κ3) is 10.5. The quantitative estimate of drug-likeness (QED) is 0.0562. The molecule has 79 heavy (non-hydrogen) atoms. The Kier molecular flexibility index (Phi) is 15.0. The number of aryl methyl sites for hydroxylation is 1. The maximum atomic E-state index is 15.8. The molecule has 410 valence electrons. The van der Waals surface area contributed by atoms with Gasteiger partial charge in [-0.2, -0.15) is 15.1 Å². The fraction of sp³-hybridized carbons (Fsp3) is 0.379. The molecule has 11 rings (SSSR count). The first kappa shape index (κ1) is 53.4. The number of likely N-dealkylation sites (tertiary alicyclic amines) is 1. The number of hydrogen-bond acceptors (Lipinski definition) is 15. The van der Waals surface area contributed by atoms with Crippen LogP contribution < -0.4 is 25.0 Å². The van der Waals surface area contributed by atoms with E-state index in [1.165, 1.54) is 15.6 Å². The molecule has 5 N–H and O–H groups in total. The van der Waals surface area contributed by atoms with E-state index in [9.17, 15) is 19.8 Å². The molecule has 7 heterocycles. The van der Waals surface area contributed by atoms with Crippen molar-refractivity contribution in [1.29, 1.82) is 0 Å². The van der Waals surface area contributed by atoms with E-state index < -0.39 is 41.9 Å². The normalized spacial score (nSPS) is 19.2. The molecule has 3 aliphatic heterocycles. The third-order valence-corrected chi connectivity index (χ3v) is 15.8. The van der Waals surface area contributed by atoms with Crippen molar-refractivity contribution in [3.8, 4) is 45.3 Å². The first-order valence-corrected chi connectivity index (χ1v) is 26.9. The topological polar surface area (TPSA) is 231 Å². The van der Waals surface area contributed by atoms with E-state index in [2.05, 4.69) is 41.0 Å². The third-order valence-electron chi connectivity index (χ3n) is 15.5. The lowest BCUT2D eigenvalue weighted by Crippen LogP contribution is -2.50. The summed E-state index contributed by atoms with van der Waals surface area (Å²) in [5, 5.41) is 45.5. The predicted molar refractivity (Wildman–Crippen MR) is 296 cm³/mol. The van der Waals surface area contributed by atoms with Crippen LogP contribution in [0.3, 0.4) is 0 Å². The number of carbonyl (C=O) groups excluding carboxylic acids is 2. The number of benzene rings is 4. The zero-order valence-corrected chi connectivity index (χ0v) is 45.4. The van der Waals surface area contributed by atoms with Crippen molar-refractivity contribution >= 4 is 51.0 Å². The lowest BCUT2D eigenvalue weighted by molar-refractivity contribution is -0.142. The number of amides is 2. The molecule has 3 fully saturated rings. The number of ether oxygens (including phenoxy) is 3. The summed E-state index contributed by atoms with van der Waals surface area (Å²) in [6, 6.07) is 20.2. The minimum atomic E-state index is -0.995. The predicted octanol–water partition coefficient (Wildman–Crippen LogP) is 7.45. The Hall–Kier alpha value is -7.62. The number of fused-ring (bicyclic) bond motifs is 4. The van der Waals surface area contributed by atoms with Crippen LogP contribution in [0.25, 0.3) is 55.3 Å². The molecule has 8 aromatic rings. The number of aromatic amines is 1. The number of nitrogens with one attached hydrogen (secondary N) is 3. The SMILES string of the molecule is CO[C@@H](C)COc1nc(N2C[C@@H]3C[C@H]2CN3)c2cc(Cl)c(-c3c(C)c(F)cc4[nH]ncc34)c(OCc3ccc(-c4cn([C@H](C(=O)N5C[C@H](O)C[C@H]5C(=O)N[C@@H](CO)c5ccc(-c6cccnc6C)cc5)C(C)C)nn4)cc3)c2n1. The van der Waals surface area contributed by atoms with Crippen molar-refractivity contribution in [3.63, 3.8) is 0 Å². The first-order valence-electron chi connectivity index (χ1n) is 26.6. The number of nitrogens with zero attached hydrogens (tertiary/aromatic N) is 9. The van der Waals surface area contributed by atoms with Gasteiger partial charge in [-0.3, -0.25) is 19.7 Å². The van der Waals surface area contributed by atoms with Gasteiger partial charge in [0, 0.05) is 90.2 Å². The number of anilines is 1. The number of aliphatic hydroxyl groups is 2. The zero-order valence-electron chi connectivity index (χ0n) is 44.7. The molecule has 0 unspecified atom stereocenters. The summed E-state index contributed by atoms with van der Waals surface area (Å²) in [4.78, 5) is 46.6. The average Bonchev–Trinajstić information content (AvgIpc) is 4.47. The maximum absolute atomic E-state index is 15.8. The molecule has 2 amide bonds. The number of β-amino-alcohol motifs (C(OH)–C–C–N with tert-alkyl or cyclic N) is 1. The number of rotatable bonds is 18. The summed E-state index contributed by atoms with van der Waals surface area (Å²) < 4.78 is 35.9. The molecule has 4 aromatic carbocycles. The fourth-order valence-electron chi connectivity index (χ4n) is 11.2. The molecule has 19 nitrogen and oxygen atoms in total. The van der Waals surface area contributed by atoms with Crippen molar-refractivity contribution < 1.29 is 38.4 Å². The largest absolute Gasteiger partial charge is 0.486 e. The van der Waals surface area contributed by atoms with Crippen LogP contribution in [0, 0.1) is 25.6 Å². The van der Waals surface area contributed by atoms with Crippen LogP contribution in [-0.4, -0.2) is 137 Å². The second-order valence-corrected chi connectivity index (χ2v) is 21.5. The highest BCUT2D eigenvalue weighted by atomic mass is 35.5. The highest BCUT2D eigenvalue weighted by molar-refractivity contribution is 6.35. The number of H-pyrrole nitrogens is 1. The number of carbonyl (C=O) groups is 2.